The molecule has 21 heavy (non-hydrogen) atoms. The molecular formula is C13H21N3O4S. The Hall–Kier alpha value is -1.64. The van der Waals surface area contributed by atoms with Crippen LogP contribution in [0.2, 0.25) is 0 Å². The molecule has 7 nitrogen and oxygen atoms in total. The van der Waals surface area contributed by atoms with Crippen molar-refractivity contribution in [3.8, 4) is 0 Å². The maximum Gasteiger partial charge on any atom is 0.242 e. The van der Waals surface area contributed by atoms with E-state index >= 15 is 0 Å². The lowest BCUT2D eigenvalue weighted by molar-refractivity contribution is -0.121. The van der Waals surface area contributed by atoms with Crippen LogP contribution in [0.4, 0.5) is 5.69 Å². The number of para-hydroxylation sites is 1. The number of sulfonamides is 1. The molecule has 1 amide bonds. The largest absolute Gasteiger partial charge is 0.387 e. The molecule has 0 bridgehead atoms. The molecule has 1 aromatic carbocycles. The van der Waals surface area contributed by atoms with Crippen molar-refractivity contribution < 1.29 is 17.9 Å². The Bertz CT molecular complexity index is 560. The van der Waals surface area contributed by atoms with Crippen molar-refractivity contribution >= 4 is 21.6 Å². The molecule has 3 N–H and O–H groups in total. The molecule has 0 aliphatic heterocycles. The molecule has 0 atom stereocenters. The predicted octanol–water partition coefficient (Wildman–Crippen LogP) is 0.159. The number of ether oxygens (including phenoxy) is 1. The van der Waals surface area contributed by atoms with Crippen LogP contribution in [-0.4, -0.2) is 48.2 Å². The number of methoxy groups -OCH3 is 1. The van der Waals surface area contributed by atoms with Gasteiger partial charge in [0.25, 0.3) is 0 Å². The van der Waals surface area contributed by atoms with Gasteiger partial charge in [-0.15, -0.1) is 0 Å². The summed E-state index contributed by atoms with van der Waals surface area (Å²) in [6.07, 6.45) is 0.0741. The lowest BCUT2D eigenvalue weighted by atomic mass is 10.3. The molecule has 0 saturated carbocycles. The topological polar surface area (TPSA) is 96.5 Å². The third kappa shape index (κ3) is 5.70. The van der Waals surface area contributed by atoms with Crippen LogP contribution >= 0.6 is 0 Å². The molecule has 0 saturated heterocycles. The number of carbonyl (C=O) groups excluding carboxylic acids is 1. The lowest BCUT2D eigenvalue weighted by Crippen LogP contribution is -2.32. The van der Waals surface area contributed by atoms with Crippen molar-refractivity contribution in [1.82, 2.24) is 10.0 Å². The second-order valence-electron chi connectivity index (χ2n) is 4.24. The fourth-order valence-electron chi connectivity index (χ4n) is 1.67. The standard InChI is InChI=1S/C13H21N3O4S/c1-14-11-5-3-4-6-12(11)21(18,19)16-8-7-13(17)15-9-10-20-2/h3-6,14,16H,7-10H2,1-2H3,(H,15,17). The molecular weight excluding hydrogens is 294 g/mol. The van der Waals surface area contributed by atoms with Gasteiger partial charge in [0.15, 0.2) is 0 Å². The molecule has 0 aliphatic carbocycles. The maximum absolute atomic E-state index is 12.2. The van der Waals surface area contributed by atoms with Gasteiger partial charge < -0.3 is 15.4 Å². The third-order valence-corrected chi connectivity index (χ3v) is 4.24. The van der Waals surface area contributed by atoms with Crippen LogP contribution in [-0.2, 0) is 19.6 Å². The average Bonchev–Trinajstić information content (AvgIpc) is 2.47. The smallest absolute Gasteiger partial charge is 0.242 e. The summed E-state index contributed by atoms with van der Waals surface area (Å²) in [6, 6.07) is 6.57. The van der Waals surface area contributed by atoms with Crippen LogP contribution in [0.5, 0.6) is 0 Å². The van der Waals surface area contributed by atoms with Crippen molar-refractivity contribution in [1.29, 1.82) is 0 Å². The molecule has 0 unspecified atom stereocenters. The lowest BCUT2D eigenvalue weighted by Gasteiger charge is -2.11. The number of carbonyl (C=O) groups is 1. The highest BCUT2D eigenvalue weighted by molar-refractivity contribution is 7.89. The zero-order valence-corrected chi connectivity index (χ0v) is 13.0. The summed E-state index contributed by atoms with van der Waals surface area (Å²) in [5.41, 5.74) is 0.509. The zero-order chi connectivity index (χ0) is 15.7. The van der Waals surface area contributed by atoms with E-state index in [0.29, 0.717) is 18.8 Å². The number of anilines is 1. The molecule has 8 heteroatoms. The van der Waals surface area contributed by atoms with Crippen molar-refractivity contribution in [2.45, 2.75) is 11.3 Å². The van der Waals surface area contributed by atoms with Gasteiger partial charge in [-0.2, -0.15) is 0 Å². The van der Waals surface area contributed by atoms with Crippen LogP contribution in [0.15, 0.2) is 29.2 Å². The SMILES string of the molecule is CNc1ccccc1S(=O)(=O)NCCC(=O)NCCOC. The molecule has 0 spiro atoms. The van der Waals surface area contributed by atoms with Gasteiger partial charge >= 0.3 is 0 Å². The number of rotatable bonds is 9. The van der Waals surface area contributed by atoms with Gasteiger partial charge in [0.05, 0.1) is 12.3 Å². The Balaban J connectivity index is 2.52. The summed E-state index contributed by atoms with van der Waals surface area (Å²) in [5, 5.41) is 5.44. The van der Waals surface area contributed by atoms with E-state index in [1.165, 1.54) is 6.07 Å². The van der Waals surface area contributed by atoms with Crippen LogP contribution in [0.1, 0.15) is 6.42 Å². The number of hydrogen-bond acceptors (Lipinski definition) is 5. The second-order valence-corrected chi connectivity index (χ2v) is 5.97. The molecule has 118 valence electrons. The quantitative estimate of drug-likeness (QED) is 0.564. The van der Waals surface area contributed by atoms with Crippen molar-refractivity contribution in [3.05, 3.63) is 24.3 Å². The predicted molar refractivity (Wildman–Crippen MR) is 80.7 cm³/mol. The summed E-state index contributed by atoms with van der Waals surface area (Å²) in [4.78, 5) is 11.6. The van der Waals surface area contributed by atoms with Crippen LogP contribution in [0, 0.1) is 0 Å². The first kappa shape index (κ1) is 17.4. The van der Waals surface area contributed by atoms with E-state index in [0.717, 1.165) is 0 Å². The highest BCUT2D eigenvalue weighted by Crippen LogP contribution is 2.19. The molecule has 1 rings (SSSR count). The first-order valence-corrected chi connectivity index (χ1v) is 8.01. The van der Waals surface area contributed by atoms with Gasteiger partial charge in [-0.25, -0.2) is 13.1 Å². The van der Waals surface area contributed by atoms with Gasteiger partial charge in [0.1, 0.15) is 4.90 Å². The Labute approximate surface area is 125 Å². The van der Waals surface area contributed by atoms with Crippen molar-refractivity contribution in [2.75, 3.05) is 39.2 Å². The second kappa shape index (κ2) is 8.60. The molecule has 0 fully saturated rings. The van der Waals surface area contributed by atoms with E-state index < -0.39 is 10.0 Å². The highest BCUT2D eigenvalue weighted by atomic mass is 32.2. The Kier molecular flexibility index (Phi) is 7.13. The molecule has 1 aromatic rings. The number of amides is 1. The Morgan fingerprint density at radius 1 is 1.24 bits per heavy atom. The summed E-state index contributed by atoms with van der Waals surface area (Å²) in [5.74, 6) is -0.225. The van der Waals surface area contributed by atoms with Gasteiger partial charge in [0.2, 0.25) is 15.9 Å². The van der Waals surface area contributed by atoms with E-state index in [2.05, 4.69) is 15.4 Å². The third-order valence-electron chi connectivity index (χ3n) is 2.72. The number of nitrogens with one attached hydrogen (secondary N) is 3. The minimum atomic E-state index is -3.64. The van der Waals surface area contributed by atoms with E-state index in [1.807, 2.05) is 0 Å². The fraction of sp³-hybridized carbons (Fsp3) is 0.462. The monoisotopic (exact) mass is 315 g/mol. The minimum Gasteiger partial charge on any atom is -0.387 e. The van der Waals surface area contributed by atoms with Crippen LogP contribution in [0.25, 0.3) is 0 Å². The Morgan fingerprint density at radius 2 is 1.95 bits per heavy atom. The Morgan fingerprint density at radius 3 is 2.62 bits per heavy atom. The summed E-state index contributed by atoms with van der Waals surface area (Å²) in [7, 11) is -0.449. The molecule has 0 radical (unpaired) electrons. The van der Waals surface area contributed by atoms with Crippen LogP contribution < -0.4 is 15.4 Å². The molecule has 0 aliphatic rings. The van der Waals surface area contributed by atoms with Crippen molar-refractivity contribution in [3.63, 3.8) is 0 Å². The van der Waals surface area contributed by atoms with Crippen LogP contribution in [0.3, 0.4) is 0 Å². The van der Waals surface area contributed by atoms with E-state index in [1.54, 1.807) is 32.4 Å². The van der Waals surface area contributed by atoms with Gasteiger partial charge in [-0.05, 0) is 12.1 Å². The van der Waals surface area contributed by atoms with Crippen molar-refractivity contribution in [2.24, 2.45) is 0 Å². The van der Waals surface area contributed by atoms with Gasteiger partial charge in [-0.1, -0.05) is 12.1 Å². The fourth-order valence-corrected chi connectivity index (χ4v) is 2.91. The summed E-state index contributed by atoms with van der Waals surface area (Å²) in [6.45, 7) is 0.872. The maximum atomic E-state index is 12.2. The number of benzene rings is 1. The minimum absolute atomic E-state index is 0.0409. The highest BCUT2D eigenvalue weighted by Gasteiger charge is 2.17. The first-order valence-electron chi connectivity index (χ1n) is 6.53. The van der Waals surface area contributed by atoms with E-state index in [9.17, 15) is 13.2 Å². The molecule has 0 aromatic heterocycles. The van der Waals surface area contributed by atoms with E-state index in [-0.39, 0.29) is 23.8 Å². The zero-order valence-electron chi connectivity index (χ0n) is 12.2. The number of hydrogen-bond donors (Lipinski definition) is 3. The molecule has 0 heterocycles. The summed E-state index contributed by atoms with van der Waals surface area (Å²) >= 11 is 0. The average molecular weight is 315 g/mol. The van der Waals surface area contributed by atoms with E-state index in [4.69, 9.17) is 4.74 Å². The first-order chi connectivity index (χ1) is 10.0. The summed E-state index contributed by atoms with van der Waals surface area (Å²) < 4.78 is 31.5. The van der Waals surface area contributed by atoms with Gasteiger partial charge in [0, 0.05) is 33.7 Å². The van der Waals surface area contributed by atoms with Gasteiger partial charge in [-0.3, -0.25) is 4.79 Å². The normalized spacial score (nSPS) is 11.1.